The number of carbonyl (C=O) groups is 2. The Balaban J connectivity index is 1.73. The summed E-state index contributed by atoms with van der Waals surface area (Å²) in [6.07, 6.45) is 3.51. The number of nitrogens with zero attached hydrogens (tertiary/aromatic N) is 4. The van der Waals surface area contributed by atoms with Gasteiger partial charge in [0.2, 0.25) is 11.8 Å². The Labute approximate surface area is 134 Å². The molecule has 2 aliphatic heterocycles. The van der Waals surface area contributed by atoms with Gasteiger partial charge in [-0.05, 0) is 26.2 Å². The normalized spacial score (nSPS) is 24.3. The van der Waals surface area contributed by atoms with Crippen molar-refractivity contribution < 1.29 is 9.59 Å². The number of piperazine rings is 1. The second-order valence-electron chi connectivity index (χ2n) is 6.77. The molecule has 2 saturated heterocycles. The van der Waals surface area contributed by atoms with E-state index in [0.717, 1.165) is 45.6 Å². The molecule has 2 fully saturated rings. The van der Waals surface area contributed by atoms with Crippen LogP contribution in [-0.2, 0) is 9.59 Å². The SMILES string of the molecule is CC1CCCCN1C(=O)CN1CCN(CC(=O)N(C)C)CC1. The van der Waals surface area contributed by atoms with E-state index in [4.69, 9.17) is 0 Å². The van der Waals surface area contributed by atoms with Crippen molar-refractivity contribution >= 4 is 11.8 Å². The molecule has 0 aromatic carbocycles. The van der Waals surface area contributed by atoms with Crippen LogP contribution in [-0.4, -0.2) is 97.4 Å². The number of hydrogen-bond acceptors (Lipinski definition) is 4. The highest BCUT2D eigenvalue weighted by molar-refractivity contribution is 5.79. The Morgan fingerprint density at radius 3 is 2.09 bits per heavy atom. The first-order chi connectivity index (χ1) is 10.5. The summed E-state index contributed by atoms with van der Waals surface area (Å²) in [6, 6.07) is 0.389. The summed E-state index contributed by atoms with van der Waals surface area (Å²) in [6.45, 7) is 7.55. The highest BCUT2D eigenvalue weighted by Crippen LogP contribution is 2.16. The van der Waals surface area contributed by atoms with E-state index in [0.29, 0.717) is 19.1 Å². The van der Waals surface area contributed by atoms with E-state index in [2.05, 4.69) is 16.7 Å². The fraction of sp³-hybridized carbons (Fsp3) is 0.875. The van der Waals surface area contributed by atoms with E-state index in [1.807, 2.05) is 4.90 Å². The molecule has 2 rings (SSSR count). The van der Waals surface area contributed by atoms with Crippen LogP contribution in [0.3, 0.4) is 0 Å². The minimum atomic E-state index is 0.145. The zero-order valence-electron chi connectivity index (χ0n) is 14.3. The molecule has 2 heterocycles. The number of piperidine rings is 1. The Morgan fingerprint density at radius 2 is 1.55 bits per heavy atom. The zero-order chi connectivity index (χ0) is 16.1. The number of likely N-dealkylation sites (N-methyl/N-ethyl adjacent to an activating group) is 1. The number of likely N-dealkylation sites (tertiary alicyclic amines) is 1. The summed E-state index contributed by atoms with van der Waals surface area (Å²) < 4.78 is 0. The number of hydrogen-bond donors (Lipinski definition) is 0. The predicted octanol–water partition coefficient (Wildman–Crippen LogP) is 0.0932. The minimum absolute atomic E-state index is 0.145. The van der Waals surface area contributed by atoms with Gasteiger partial charge in [-0.25, -0.2) is 0 Å². The van der Waals surface area contributed by atoms with Crippen molar-refractivity contribution in [3.8, 4) is 0 Å². The second kappa shape index (κ2) is 7.92. The van der Waals surface area contributed by atoms with E-state index < -0.39 is 0 Å². The highest BCUT2D eigenvalue weighted by atomic mass is 16.2. The van der Waals surface area contributed by atoms with E-state index >= 15 is 0 Å². The molecule has 0 aromatic heterocycles. The quantitative estimate of drug-likeness (QED) is 0.738. The van der Waals surface area contributed by atoms with E-state index in [1.165, 1.54) is 6.42 Å². The van der Waals surface area contributed by atoms with Gasteiger partial charge in [-0.15, -0.1) is 0 Å². The summed E-state index contributed by atoms with van der Waals surface area (Å²) >= 11 is 0. The summed E-state index contributed by atoms with van der Waals surface area (Å²) in [7, 11) is 3.58. The fourth-order valence-corrected chi connectivity index (χ4v) is 3.19. The fourth-order valence-electron chi connectivity index (χ4n) is 3.19. The molecule has 0 radical (unpaired) electrons. The van der Waals surface area contributed by atoms with Gasteiger partial charge >= 0.3 is 0 Å². The van der Waals surface area contributed by atoms with Crippen LogP contribution in [0.4, 0.5) is 0 Å². The largest absolute Gasteiger partial charge is 0.348 e. The van der Waals surface area contributed by atoms with Gasteiger partial charge in [-0.2, -0.15) is 0 Å². The molecule has 0 aliphatic carbocycles. The molecule has 2 aliphatic rings. The zero-order valence-corrected chi connectivity index (χ0v) is 14.3. The Hall–Kier alpha value is -1.14. The van der Waals surface area contributed by atoms with Gasteiger partial charge < -0.3 is 9.80 Å². The average molecular weight is 310 g/mol. The molecule has 0 spiro atoms. The van der Waals surface area contributed by atoms with Crippen molar-refractivity contribution in [2.75, 3.05) is 59.9 Å². The first-order valence-corrected chi connectivity index (χ1v) is 8.41. The lowest BCUT2D eigenvalue weighted by atomic mass is 10.0. The summed E-state index contributed by atoms with van der Waals surface area (Å²) in [4.78, 5) is 32.2. The molecule has 0 aromatic rings. The Bertz CT molecular complexity index is 392. The lowest BCUT2D eigenvalue weighted by Crippen LogP contribution is -2.53. The van der Waals surface area contributed by atoms with Crippen LogP contribution < -0.4 is 0 Å². The first kappa shape index (κ1) is 17.2. The van der Waals surface area contributed by atoms with Gasteiger partial charge in [0, 0.05) is 52.9 Å². The van der Waals surface area contributed by atoms with Crippen molar-refractivity contribution in [2.45, 2.75) is 32.2 Å². The van der Waals surface area contributed by atoms with Crippen LogP contribution in [0.25, 0.3) is 0 Å². The maximum Gasteiger partial charge on any atom is 0.236 e. The van der Waals surface area contributed by atoms with Crippen molar-refractivity contribution in [2.24, 2.45) is 0 Å². The lowest BCUT2D eigenvalue weighted by Gasteiger charge is -2.38. The number of rotatable bonds is 4. The molecule has 6 nitrogen and oxygen atoms in total. The van der Waals surface area contributed by atoms with Crippen LogP contribution in [0.5, 0.6) is 0 Å². The molecule has 2 amide bonds. The molecule has 6 heteroatoms. The first-order valence-electron chi connectivity index (χ1n) is 8.41. The maximum absolute atomic E-state index is 12.4. The van der Waals surface area contributed by atoms with Crippen LogP contribution in [0.2, 0.25) is 0 Å². The third kappa shape index (κ3) is 4.68. The second-order valence-corrected chi connectivity index (χ2v) is 6.77. The van der Waals surface area contributed by atoms with Gasteiger partial charge in [-0.1, -0.05) is 0 Å². The molecule has 126 valence electrons. The van der Waals surface area contributed by atoms with Crippen molar-refractivity contribution in [3.63, 3.8) is 0 Å². The molecular weight excluding hydrogens is 280 g/mol. The molecule has 1 atom stereocenters. The molecule has 0 N–H and O–H groups in total. The molecular formula is C16H30N4O2. The molecule has 22 heavy (non-hydrogen) atoms. The third-order valence-electron chi connectivity index (χ3n) is 4.80. The van der Waals surface area contributed by atoms with Crippen molar-refractivity contribution in [1.82, 2.24) is 19.6 Å². The number of amides is 2. The Morgan fingerprint density at radius 1 is 0.955 bits per heavy atom. The third-order valence-corrected chi connectivity index (χ3v) is 4.80. The molecule has 1 unspecified atom stereocenters. The minimum Gasteiger partial charge on any atom is -0.348 e. The van der Waals surface area contributed by atoms with Crippen LogP contribution in [0.15, 0.2) is 0 Å². The van der Waals surface area contributed by atoms with Gasteiger partial charge in [0.1, 0.15) is 0 Å². The number of carbonyl (C=O) groups excluding carboxylic acids is 2. The van der Waals surface area contributed by atoms with Gasteiger partial charge in [-0.3, -0.25) is 19.4 Å². The molecule has 0 bridgehead atoms. The van der Waals surface area contributed by atoms with Crippen LogP contribution in [0, 0.1) is 0 Å². The van der Waals surface area contributed by atoms with Crippen LogP contribution >= 0.6 is 0 Å². The average Bonchev–Trinajstić information content (AvgIpc) is 2.49. The van der Waals surface area contributed by atoms with E-state index in [-0.39, 0.29) is 11.8 Å². The lowest BCUT2D eigenvalue weighted by molar-refractivity contribution is -0.136. The van der Waals surface area contributed by atoms with Crippen molar-refractivity contribution in [3.05, 3.63) is 0 Å². The van der Waals surface area contributed by atoms with E-state index in [9.17, 15) is 9.59 Å². The summed E-state index contributed by atoms with van der Waals surface area (Å²) in [5.74, 6) is 0.414. The monoisotopic (exact) mass is 310 g/mol. The van der Waals surface area contributed by atoms with Crippen LogP contribution in [0.1, 0.15) is 26.2 Å². The van der Waals surface area contributed by atoms with Gasteiger partial charge in [0.25, 0.3) is 0 Å². The maximum atomic E-state index is 12.4. The smallest absolute Gasteiger partial charge is 0.236 e. The highest BCUT2D eigenvalue weighted by Gasteiger charge is 2.26. The molecule has 0 saturated carbocycles. The summed E-state index contributed by atoms with van der Waals surface area (Å²) in [5, 5.41) is 0. The van der Waals surface area contributed by atoms with Crippen molar-refractivity contribution in [1.29, 1.82) is 0 Å². The topological polar surface area (TPSA) is 47.1 Å². The van der Waals surface area contributed by atoms with Gasteiger partial charge in [0.15, 0.2) is 0 Å². The standard InChI is InChI=1S/C16H30N4O2/c1-14-6-4-5-7-20(14)16(22)13-19-10-8-18(9-11-19)12-15(21)17(2)3/h14H,4-13H2,1-3H3. The van der Waals surface area contributed by atoms with Gasteiger partial charge in [0.05, 0.1) is 13.1 Å². The Kier molecular flexibility index (Phi) is 6.20. The predicted molar refractivity (Wildman–Crippen MR) is 86.6 cm³/mol. The summed E-state index contributed by atoms with van der Waals surface area (Å²) in [5.41, 5.74) is 0. The van der Waals surface area contributed by atoms with E-state index in [1.54, 1.807) is 19.0 Å².